The minimum atomic E-state index is -0.0487. The summed E-state index contributed by atoms with van der Waals surface area (Å²) in [6.45, 7) is 1.13. The molecule has 2 heterocycles. The van der Waals surface area contributed by atoms with Crippen LogP contribution in [0.25, 0.3) is 10.9 Å². The molecule has 0 aliphatic carbocycles. The first-order chi connectivity index (χ1) is 11.7. The highest BCUT2D eigenvalue weighted by Gasteiger charge is 2.03. The Morgan fingerprint density at radius 1 is 1.04 bits per heavy atom. The Kier molecular flexibility index (Phi) is 5.23. The van der Waals surface area contributed by atoms with Crippen molar-refractivity contribution in [3.8, 4) is 0 Å². The third-order valence-corrected chi connectivity index (χ3v) is 3.73. The molecule has 3 aromatic rings. The number of para-hydroxylation sites is 1. The molecule has 0 bridgehead atoms. The van der Waals surface area contributed by atoms with Crippen molar-refractivity contribution in [2.45, 2.75) is 6.42 Å². The topological polar surface area (TPSA) is 66.9 Å². The number of pyridine rings is 2. The highest BCUT2D eigenvalue weighted by Crippen LogP contribution is 2.14. The van der Waals surface area contributed by atoms with E-state index in [0.717, 1.165) is 22.3 Å². The van der Waals surface area contributed by atoms with Crippen molar-refractivity contribution in [3.63, 3.8) is 0 Å². The van der Waals surface area contributed by atoms with Crippen LogP contribution in [0.3, 0.4) is 0 Å². The first-order valence-corrected chi connectivity index (χ1v) is 8.05. The number of aromatic nitrogens is 2. The molecule has 6 heteroatoms. The zero-order chi connectivity index (χ0) is 16.8. The van der Waals surface area contributed by atoms with Crippen molar-refractivity contribution in [2.24, 2.45) is 0 Å². The molecular weight excluding hydrogens is 324 g/mol. The van der Waals surface area contributed by atoms with Gasteiger partial charge in [0.1, 0.15) is 11.0 Å². The van der Waals surface area contributed by atoms with Crippen LogP contribution in [-0.2, 0) is 11.2 Å². The van der Waals surface area contributed by atoms with Gasteiger partial charge in [0.15, 0.2) is 0 Å². The van der Waals surface area contributed by atoms with Gasteiger partial charge in [-0.25, -0.2) is 9.97 Å². The van der Waals surface area contributed by atoms with E-state index in [4.69, 9.17) is 11.6 Å². The number of rotatable bonds is 6. The van der Waals surface area contributed by atoms with Crippen molar-refractivity contribution in [1.29, 1.82) is 0 Å². The molecule has 0 aliphatic heterocycles. The molecule has 2 N–H and O–H groups in total. The fourth-order valence-electron chi connectivity index (χ4n) is 2.32. The number of carbonyl (C=O) groups is 1. The average Bonchev–Trinajstić information content (AvgIpc) is 2.60. The number of hydrogen-bond acceptors (Lipinski definition) is 4. The number of nitrogens with zero attached hydrogens (tertiary/aromatic N) is 2. The fraction of sp³-hybridized carbons (Fsp3) is 0.167. The van der Waals surface area contributed by atoms with E-state index in [9.17, 15) is 4.79 Å². The van der Waals surface area contributed by atoms with E-state index in [0.29, 0.717) is 24.7 Å². The van der Waals surface area contributed by atoms with E-state index in [-0.39, 0.29) is 5.91 Å². The quantitative estimate of drug-likeness (QED) is 0.534. The number of halogens is 1. The van der Waals surface area contributed by atoms with Crippen LogP contribution in [0.4, 0.5) is 5.82 Å². The molecule has 0 saturated carbocycles. The summed E-state index contributed by atoms with van der Waals surface area (Å²) in [6, 6.07) is 15.4. The number of anilines is 1. The smallest absolute Gasteiger partial charge is 0.224 e. The summed E-state index contributed by atoms with van der Waals surface area (Å²) >= 11 is 5.72. The van der Waals surface area contributed by atoms with Crippen LogP contribution >= 0.6 is 11.6 Å². The highest BCUT2D eigenvalue weighted by molar-refractivity contribution is 6.29. The van der Waals surface area contributed by atoms with Crippen LogP contribution < -0.4 is 10.6 Å². The summed E-state index contributed by atoms with van der Waals surface area (Å²) in [5.74, 6) is 0.747. The Labute approximate surface area is 145 Å². The Bertz CT molecular complexity index is 836. The van der Waals surface area contributed by atoms with Crippen LogP contribution in [0.2, 0.25) is 5.15 Å². The summed E-state index contributed by atoms with van der Waals surface area (Å²) in [5.41, 5.74) is 1.78. The number of benzene rings is 1. The SMILES string of the molecule is O=C(Cc1ccc(Cl)nc1)NCCNc1ccc2ccccc2n1. The maximum Gasteiger partial charge on any atom is 0.224 e. The summed E-state index contributed by atoms with van der Waals surface area (Å²) in [4.78, 5) is 20.3. The van der Waals surface area contributed by atoms with Crippen LogP contribution in [0.5, 0.6) is 0 Å². The van der Waals surface area contributed by atoms with Gasteiger partial charge in [0.25, 0.3) is 0 Å². The van der Waals surface area contributed by atoms with Crippen LogP contribution in [0, 0.1) is 0 Å². The lowest BCUT2D eigenvalue weighted by atomic mass is 10.2. The number of fused-ring (bicyclic) bond motifs is 1. The number of amides is 1. The second kappa shape index (κ2) is 7.75. The molecule has 0 fully saturated rings. The van der Waals surface area contributed by atoms with Crippen LogP contribution in [0.1, 0.15) is 5.56 Å². The van der Waals surface area contributed by atoms with Crippen molar-refractivity contribution in [3.05, 3.63) is 65.4 Å². The molecule has 3 rings (SSSR count). The number of hydrogen-bond donors (Lipinski definition) is 2. The van der Waals surface area contributed by atoms with E-state index in [1.807, 2.05) is 36.4 Å². The van der Waals surface area contributed by atoms with Crippen molar-refractivity contribution in [1.82, 2.24) is 15.3 Å². The fourth-order valence-corrected chi connectivity index (χ4v) is 2.43. The van der Waals surface area contributed by atoms with Crippen molar-refractivity contribution >= 4 is 34.2 Å². The lowest BCUT2D eigenvalue weighted by Gasteiger charge is -2.08. The van der Waals surface area contributed by atoms with Gasteiger partial charge in [-0.1, -0.05) is 35.9 Å². The first kappa shape index (κ1) is 16.2. The van der Waals surface area contributed by atoms with Crippen molar-refractivity contribution < 1.29 is 4.79 Å². The minimum absolute atomic E-state index is 0.0487. The van der Waals surface area contributed by atoms with Crippen LogP contribution in [-0.4, -0.2) is 29.0 Å². The molecule has 0 radical (unpaired) electrons. The predicted octanol–water partition coefficient (Wildman–Crippen LogP) is 3.05. The van der Waals surface area contributed by atoms with E-state index in [2.05, 4.69) is 20.6 Å². The largest absolute Gasteiger partial charge is 0.368 e. The standard InChI is InChI=1S/C18H17ClN4O/c19-16-7-5-13(12-22-16)11-18(24)21-10-9-20-17-8-6-14-3-1-2-4-15(14)23-17/h1-8,12H,9-11H2,(H,20,23)(H,21,24). The molecule has 0 saturated heterocycles. The van der Waals surface area contributed by atoms with Gasteiger partial charge in [-0.3, -0.25) is 4.79 Å². The van der Waals surface area contributed by atoms with Gasteiger partial charge in [-0.15, -0.1) is 0 Å². The molecular formula is C18H17ClN4O. The molecule has 5 nitrogen and oxygen atoms in total. The number of nitrogens with one attached hydrogen (secondary N) is 2. The molecule has 122 valence electrons. The Morgan fingerprint density at radius 3 is 2.75 bits per heavy atom. The monoisotopic (exact) mass is 340 g/mol. The summed E-state index contributed by atoms with van der Waals surface area (Å²) in [7, 11) is 0. The van der Waals surface area contributed by atoms with Gasteiger partial charge in [-0.05, 0) is 29.8 Å². The zero-order valence-electron chi connectivity index (χ0n) is 13.0. The summed E-state index contributed by atoms with van der Waals surface area (Å²) in [6.07, 6.45) is 1.90. The maximum absolute atomic E-state index is 11.9. The lowest BCUT2D eigenvalue weighted by molar-refractivity contribution is -0.120. The zero-order valence-corrected chi connectivity index (χ0v) is 13.8. The van der Waals surface area contributed by atoms with E-state index < -0.39 is 0 Å². The van der Waals surface area contributed by atoms with Crippen molar-refractivity contribution in [2.75, 3.05) is 18.4 Å². The Morgan fingerprint density at radius 2 is 1.92 bits per heavy atom. The molecule has 1 aromatic carbocycles. The molecule has 0 atom stereocenters. The molecule has 1 amide bonds. The van der Waals surface area contributed by atoms with Gasteiger partial charge >= 0.3 is 0 Å². The highest BCUT2D eigenvalue weighted by atomic mass is 35.5. The average molecular weight is 341 g/mol. The minimum Gasteiger partial charge on any atom is -0.368 e. The van der Waals surface area contributed by atoms with Gasteiger partial charge in [0.2, 0.25) is 5.91 Å². The third-order valence-electron chi connectivity index (χ3n) is 3.51. The van der Waals surface area contributed by atoms with E-state index in [1.165, 1.54) is 0 Å². The number of carbonyl (C=O) groups excluding carboxylic acids is 1. The first-order valence-electron chi connectivity index (χ1n) is 7.67. The Hall–Kier alpha value is -2.66. The lowest BCUT2D eigenvalue weighted by Crippen LogP contribution is -2.30. The summed E-state index contributed by atoms with van der Waals surface area (Å²) in [5, 5.41) is 7.60. The van der Waals surface area contributed by atoms with Gasteiger partial charge in [0.05, 0.1) is 11.9 Å². The molecule has 0 aliphatic rings. The molecule has 24 heavy (non-hydrogen) atoms. The molecule has 2 aromatic heterocycles. The maximum atomic E-state index is 11.9. The van der Waals surface area contributed by atoms with Crippen LogP contribution in [0.15, 0.2) is 54.7 Å². The predicted molar refractivity (Wildman–Crippen MR) is 96.2 cm³/mol. The third kappa shape index (κ3) is 4.43. The Balaban J connectivity index is 1.44. The summed E-state index contributed by atoms with van der Waals surface area (Å²) < 4.78 is 0. The van der Waals surface area contributed by atoms with Gasteiger partial charge < -0.3 is 10.6 Å². The van der Waals surface area contributed by atoms with E-state index >= 15 is 0 Å². The van der Waals surface area contributed by atoms with Gasteiger partial charge in [0, 0.05) is 24.7 Å². The van der Waals surface area contributed by atoms with E-state index in [1.54, 1.807) is 18.3 Å². The molecule has 0 spiro atoms. The molecule has 0 unspecified atom stereocenters. The normalized spacial score (nSPS) is 10.5. The van der Waals surface area contributed by atoms with Gasteiger partial charge in [-0.2, -0.15) is 0 Å². The second-order valence-corrected chi connectivity index (χ2v) is 5.72. The second-order valence-electron chi connectivity index (χ2n) is 5.33.